The molecule has 0 radical (unpaired) electrons. The Hall–Kier alpha value is -1.10. The van der Waals surface area contributed by atoms with Crippen molar-refractivity contribution in [3.05, 3.63) is 51.6 Å². The molecule has 0 unspecified atom stereocenters. The van der Waals surface area contributed by atoms with Gasteiger partial charge in [-0.15, -0.1) is 0 Å². The van der Waals surface area contributed by atoms with Gasteiger partial charge in [-0.25, -0.2) is 4.98 Å². The van der Waals surface area contributed by atoms with Crippen LogP contribution in [0.1, 0.15) is 5.56 Å². The number of aliphatic hydroxyl groups excluding tert-OH is 1. The van der Waals surface area contributed by atoms with E-state index in [1.165, 1.54) is 0 Å². The summed E-state index contributed by atoms with van der Waals surface area (Å²) in [6.45, 7) is -0.0487. The van der Waals surface area contributed by atoms with Crippen LogP contribution in [0.2, 0.25) is 5.02 Å². The summed E-state index contributed by atoms with van der Waals surface area (Å²) in [6, 6.07) is 8.71. The number of nitrogens with zero attached hydrogens (tertiary/aromatic N) is 1. The molecule has 1 aromatic heterocycles. The fraction of sp³-hybridized carbons (Fsp3) is 0.0833. The van der Waals surface area contributed by atoms with Crippen molar-refractivity contribution in [1.29, 1.82) is 0 Å². The second kappa shape index (κ2) is 5.49. The highest BCUT2D eigenvalue weighted by Gasteiger charge is 2.05. The molecule has 3 nitrogen and oxygen atoms in total. The molecule has 1 aromatic carbocycles. The van der Waals surface area contributed by atoms with Gasteiger partial charge in [-0.05, 0) is 29.8 Å². The quantitative estimate of drug-likeness (QED) is 0.937. The minimum Gasteiger partial charge on any atom is -0.437 e. The lowest BCUT2D eigenvalue weighted by Gasteiger charge is -2.07. The summed E-state index contributed by atoms with van der Waals surface area (Å²) in [5, 5.41) is 9.50. The van der Waals surface area contributed by atoms with Gasteiger partial charge in [0.15, 0.2) is 0 Å². The predicted molar refractivity (Wildman–Crippen MR) is 69.4 cm³/mol. The van der Waals surface area contributed by atoms with Crippen molar-refractivity contribution in [3.63, 3.8) is 0 Å². The van der Waals surface area contributed by atoms with Crippen molar-refractivity contribution in [2.45, 2.75) is 6.61 Å². The van der Waals surface area contributed by atoms with E-state index in [0.717, 1.165) is 10.0 Å². The van der Waals surface area contributed by atoms with Crippen molar-refractivity contribution >= 4 is 27.5 Å². The summed E-state index contributed by atoms with van der Waals surface area (Å²) in [4.78, 5) is 4.04. The molecule has 0 aliphatic carbocycles. The minimum absolute atomic E-state index is 0.0487. The Labute approximate surface area is 112 Å². The van der Waals surface area contributed by atoms with E-state index in [2.05, 4.69) is 20.9 Å². The van der Waals surface area contributed by atoms with E-state index in [0.29, 0.717) is 16.7 Å². The maximum Gasteiger partial charge on any atom is 0.219 e. The summed E-state index contributed by atoms with van der Waals surface area (Å²) in [7, 11) is 0. The van der Waals surface area contributed by atoms with Gasteiger partial charge in [-0.2, -0.15) is 0 Å². The first-order valence-electron chi connectivity index (χ1n) is 4.88. The molecule has 0 atom stereocenters. The predicted octanol–water partition coefficient (Wildman–Crippen LogP) is 3.78. The Balaban J connectivity index is 2.25. The van der Waals surface area contributed by atoms with Gasteiger partial charge in [-0.3, -0.25) is 0 Å². The molecule has 2 rings (SSSR count). The average molecular weight is 315 g/mol. The molecule has 0 spiro atoms. The third kappa shape index (κ3) is 3.19. The van der Waals surface area contributed by atoms with Crippen LogP contribution in [-0.2, 0) is 6.61 Å². The molecule has 0 aliphatic heterocycles. The van der Waals surface area contributed by atoms with Crippen LogP contribution in [0, 0.1) is 0 Å². The fourth-order valence-electron chi connectivity index (χ4n) is 1.28. The number of hydrogen-bond acceptors (Lipinski definition) is 3. The molecule has 2 aromatic rings. The van der Waals surface area contributed by atoms with E-state index >= 15 is 0 Å². The van der Waals surface area contributed by atoms with Gasteiger partial charge in [0.25, 0.3) is 0 Å². The Morgan fingerprint density at radius 2 is 2.12 bits per heavy atom. The number of ether oxygens (including phenoxy) is 1. The van der Waals surface area contributed by atoms with Crippen molar-refractivity contribution in [2.24, 2.45) is 0 Å². The Bertz CT molecular complexity index is 534. The topological polar surface area (TPSA) is 42.4 Å². The molecule has 5 heteroatoms. The number of halogens is 2. The molecular formula is C12H9BrClNO2. The third-order valence-corrected chi connectivity index (χ3v) is 2.88. The number of benzene rings is 1. The zero-order chi connectivity index (χ0) is 12.3. The highest BCUT2D eigenvalue weighted by Crippen LogP contribution is 2.30. The van der Waals surface area contributed by atoms with Crippen LogP contribution < -0.4 is 4.74 Å². The van der Waals surface area contributed by atoms with Gasteiger partial charge < -0.3 is 9.84 Å². The zero-order valence-electron chi connectivity index (χ0n) is 8.73. The molecule has 1 N–H and O–H groups in total. The number of hydrogen-bond donors (Lipinski definition) is 1. The smallest absolute Gasteiger partial charge is 0.219 e. The number of rotatable bonds is 3. The van der Waals surface area contributed by atoms with E-state index < -0.39 is 0 Å². The summed E-state index contributed by atoms with van der Waals surface area (Å²) < 4.78 is 6.41. The first-order valence-corrected chi connectivity index (χ1v) is 6.05. The van der Waals surface area contributed by atoms with Crippen LogP contribution in [-0.4, -0.2) is 10.1 Å². The van der Waals surface area contributed by atoms with Gasteiger partial charge in [-0.1, -0.05) is 27.5 Å². The van der Waals surface area contributed by atoms with Crippen molar-refractivity contribution in [2.75, 3.05) is 0 Å². The highest BCUT2D eigenvalue weighted by molar-refractivity contribution is 9.10. The molecule has 0 fully saturated rings. The third-order valence-electron chi connectivity index (χ3n) is 2.09. The van der Waals surface area contributed by atoms with Gasteiger partial charge in [0.05, 0.1) is 11.6 Å². The van der Waals surface area contributed by atoms with Crippen molar-refractivity contribution in [1.82, 2.24) is 4.98 Å². The van der Waals surface area contributed by atoms with Crippen LogP contribution in [0.25, 0.3) is 0 Å². The maximum absolute atomic E-state index is 9.00. The molecule has 0 amide bonds. The Morgan fingerprint density at radius 3 is 2.82 bits per heavy atom. The fourth-order valence-corrected chi connectivity index (χ4v) is 1.99. The lowest BCUT2D eigenvalue weighted by atomic mass is 10.3. The maximum atomic E-state index is 9.00. The monoisotopic (exact) mass is 313 g/mol. The molecule has 17 heavy (non-hydrogen) atoms. The number of aliphatic hydroxyl groups is 1. The van der Waals surface area contributed by atoms with E-state index in [9.17, 15) is 0 Å². The lowest BCUT2D eigenvalue weighted by Crippen LogP contribution is -1.91. The first-order chi connectivity index (χ1) is 8.19. The molecular weight excluding hydrogens is 305 g/mol. The number of aromatic nitrogens is 1. The average Bonchev–Trinajstić information content (AvgIpc) is 2.33. The van der Waals surface area contributed by atoms with Crippen LogP contribution in [0.3, 0.4) is 0 Å². The van der Waals surface area contributed by atoms with Gasteiger partial charge in [0.1, 0.15) is 5.75 Å². The van der Waals surface area contributed by atoms with E-state index in [4.69, 9.17) is 21.4 Å². The van der Waals surface area contributed by atoms with Crippen LogP contribution in [0.15, 0.2) is 41.0 Å². The van der Waals surface area contributed by atoms with Crippen molar-refractivity contribution < 1.29 is 9.84 Å². The largest absolute Gasteiger partial charge is 0.437 e. The summed E-state index contributed by atoms with van der Waals surface area (Å²) in [6.07, 6.45) is 1.58. The lowest BCUT2D eigenvalue weighted by molar-refractivity contribution is 0.281. The first kappa shape index (κ1) is 12.4. The van der Waals surface area contributed by atoms with Crippen LogP contribution >= 0.6 is 27.5 Å². The second-order valence-corrected chi connectivity index (χ2v) is 4.66. The second-order valence-electron chi connectivity index (χ2n) is 3.34. The SMILES string of the molecule is OCc1ccnc(Oc2ccc(Br)cc2Cl)c1. The summed E-state index contributed by atoms with van der Waals surface area (Å²) >= 11 is 9.34. The summed E-state index contributed by atoms with van der Waals surface area (Å²) in [5.74, 6) is 0.929. The zero-order valence-corrected chi connectivity index (χ0v) is 11.1. The Morgan fingerprint density at radius 1 is 1.29 bits per heavy atom. The van der Waals surface area contributed by atoms with Gasteiger partial charge in [0.2, 0.25) is 5.88 Å². The standard InChI is InChI=1S/C12H9BrClNO2/c13-9-1-2-11(10(14)6-9)17-12-5-8(7-16)3-4-15-12/h1-6,16H,7H2. The summed E-state index contributed by atoms with van der Waals surface area (Å²) in [5.41, 5.74) is 0.739. The molecule has 0 aliphatic rings. The minimum atomic E-state index is -0.0487. The molecule has 0 saturated carbocycles. The van der Waals surface area contributed by atoms with E-state index in [1.54, 1.807) is 30.5 Å². The highest BCUT2D eigenvalue weighted by atomic mass is 79.9. The van der Waals surface area contributed by atoms with E-state index in [-0.39, 0.29) is 6.61 Å². The molecule has 0 saturated heterocycles. The van der Waals surface area contributed by atoms with Gasteiger partial charge in [0, 0.05) is 16.7 Å². The Kier molecular flexibility index (Phi) is 3.99. The van der Waals surface area contributed by atoms with Crippen molar-refractivity contribution in [3.8, 4) is 11.6 Å². The van der Waals surface area contributed by atoms with Crippen LogP contribution in [0.4, 0.5) is 0 Å². The number of pyridine rings is 1. The van der Waals surface area contributed by atoms with Gasteiger partial charge >= 0.3 is 0 Å². The molecule has 0 bridgehead atoms. The molecule has 1 heterocycles. The normalized spacial score (nSPS) is 10.3. The van der Waals surface area contributed by atoms with E-state index in [1.807, 2.05) is 6.07 Å². The van der Waals surface area contributed by atoms with Crippen LogP contribution in [0.5, 0.6) is 11.6 Å². The molecule has 88 valence electrons.